The van der Waals surface area contributed by atoms with E-state index < -0.39 is 0 Å². The second-order valence-electron chi connectivity index (χ2n) is 5.45. The van der Waals surface area contributed by atoms with Crippen molar-refractivity contribution in [2.24, 2.45) is 5.73 Å². The van der Waals surface area contributed by atoms with Crippen LogP contribution in [0.25, 0.3) is 0 Å². The van der Waals surface area contributed by atoms with E-state index in [0.717, 1.165) is 5.56 Å². The lowest BCUT2D eigenvalue weighted by molar-refractivity contribution is -0.121. The van der Waals surface area contributed by atoms with Gasteiger partial charge >= 0.3 is 0 Å². The number of hydrogen-bond acceptors (Lipinski definition) is 4. The summed E-state index contributed by atoms with van der Waals surface area (Å²) in [6.07, 6.45) is 1.08. The van der Waals surface area contributed by atoms with Gasteiger partial charge in [0.25, 0.3) is 0 Å². The lowest BCUT2D eigenvalue weighted by Gasteiger charge is -2.17. The lowest BCUT2D eigenvalue weighted by Crippen LogP contribution is -2.34. The van der Waals surface area contributed by atoms with Gasteiger partial charge in [0, 0.05) is 18.5 Å². The highest BCUT2D eigenvalue weighted by Gasteiger charge is 2.13. The van der Waals surface area contributed by atoms with E-state index in [1.54, 1.807) is 14.2 Å². The first-order valence-corrected chi connectivity index (χ1v) is 6.62. The van der Waals surface area contributed by atoms with Gasteiger partial charge in [0.05, 0.1) is 14.2 Å². The topological polar surface area (TPSA) is 73.6 Å². The molecule has 0 saturated carbocycles. The summed E-state index contributed by atoms with van der Waals surface area (Å²) in [6.45, 7) is 4.29. The van der Waals surface area contributed by atoms with E-state index in [-0.39, 0.29) is 11.4 Å². The van der Waals surface area contributed by atoms with Crippen molar-refractivity contribution >= 4 is 5.91 Å². The second-order valence-corrected chi connectivity index (χ2v) is 5.45. The van der Waals surface area contributed by atoms with Crippen LogP contribution < -0.4 is 20.5 Å². The molecule has 3 N–H and O–H groups in total. The first-order valence-electron chi connectivity index (χ1n) is 6.62. The third kappa shape index (κ3) is 5.48. The van der Waals surface area contributed by atoms with Gasteiger partial charge < -0.3 is 20.5 Å². The number of rotatable bonds is 7. The van der Waals surface area contributed by atoms with Crippen LogP contribution in [-0.4, -0.2) is 25.7 Å². The molecule has 112 valence electrons. The molecule has 1 rings (SSSR count). The number of ether oxygens (including phenoxy) is 2. The van der Waals surface area contributed by atoms with Gasteiger partial charge in [-0.1, -0.05) is 6.07 Å². The van der Waals surface area contributed by atoms with Crippen molar-refractivity contribution in [2.45, 2.75) is 38.8 Å². The van der Waals surface area contributed by atoms with Crippen molar-refractivity contribution in [1.29, 1.82) is 0 Å². The smallest absolute Gasteiger partial charge is 0.220 e. The van der Waals surface area contributed by atoms with E-state index in [1.807, 2.05) is 32.0 Å². The fourth-order valence-corrected chi connectivity index (χ4v) is 1.72. The lowest BCUT2D eigenvalue weighted by atomic mass is 10.00. The largest absolute Gasteiger partial charge is 0.493 e. The molecule has 0 unspecified atom stereocenters. The number of hydrogen-bond donors (Lipinski definition) is 2. The predicted octanol–water partition coefficient (Wildman–Crippen LogP) is 1.84. The van der Waals surface area contributed by atoms with Crippen LogP contribution in [0.3, 0.4) is 0 Å². The van der Waals surface area contributed by atoms with Gasteiger partial charge in [0.1, 0.15) is 0 Å². The molecule has 5 nitrogen and oxygen atoms in total. The zero-order valence-corrected chi connectivity index (χ0v) is 12.7. The minimum atomic E-state index is -0.319. The van der Waals surface area contributed by atoms with Crippen molar-refractivity contribution in [2.75, 3.05) is 14.2 Å². The minimum Gasteiger partial charge on any atom is -0.493 e. The molecule has 1 amide bonds. The summed E-state index contributed by atoms with van der Waals surface area (Å²) >= 11 is 0. The molecule has 0 spiro atoms. The molecule has 0 radical (unpaired) electrons. The number of carbonyl (C=O) groups excluding carboxylic acids is 1. The molecule has 1 aromatic rings. The molecule has 5 heteroatoms. The summed E-state index contributed by atoms with van der Waals surface area (Å²) < 4.78 is 10.4. The average Bonchev–Trinajstić information content (AvgIpc) is 2.41. The van der Waals surface area contributed by atoms with Crippen molar-refractivity contribution in [3.8, 4) is 11.5 Å². The van der Waals surface area contributed by atoms with Crippen LogP contribution in [0.2, 0.25) is 0 Å². The van der Waals surface area contributed by atoms with Gasteiger partial charge in [0.2, 0.25) is 5.91 Å². The third-order valence-corrected chi connectivity index (χ3v) is 2.93. The van der Waals surface area contributed by atoms with Gasteiger partial charge in [-0.15, -0.1) is 0 Å². The Balaban J connectivity index is 2.51. The molecule has 0 saturated heterocycles. The molecule has 20 heavy (non-hydrogen) atoms. The molecular weight excluding hydrogens is 256 g/mol. The monoisotopic (exact) mass is 280 g/mol. The van der Waals surface area contributed by atoms with E-state index in [4.69, 9.17) is 15.2 Å². The molecule has 0 aliphatic rings. The Kier molecular flexibility index (Phi) is 5.82. The zero-order chi connectivity index (χ0) is 15.2. The van der Waals surface area contributed by atoms with Crippen LogP contribution in [0.4, 0.5) is 0 Å². The summed E-state index contributed by atoms with van der Waals surface area (Å²) in [5, 5.41) is 2.87. The van der Waals surface area contributed by atoms with Gasteiger partial charge in [-0.05, 0) is 38.0 Å². The van der Waals surface area contributed by atoms with Crippen molar-refractivity contribution in [3.05, 3.63) is 23.8 Å². The SMILES string of the molecule is COc1ccc(CNC(=O)CCC(C)(C)N)cc1OC. The van der Waals surface area contributed by atoms with E-state index in [9.17, 15) is 4.79 Å². The summed E-state index contributed by atoms with van der Waals surface area (Å²) in [7, 11) is 3.18. The van der Waals surface area contributed by atoms with E-state index in [2.05, 4.69) is 5.32 Å². The summed E-state index contributed by atoms with van der Waals surface area (Å²) in [4.78, 5) is 11.7. The minimum absolute atomic E-state index is 0.00156. The molecule has 0 fully saturated rings. The highest BCUT2D eigenvalue weighted by Crippen LogP contribution is 2.27. The molecule has 1 aromatic carbocycles. The maximum atomic E-state index is 11.7. The Bertz CT molecular complexity index is 453. The van der Waals surface area contributed by atoms with Gasteiger partial charge in [-0.3, -0.25) is 4.79 Å². The van der Waals surface area contributed by atoms with Gasteiger partial charge in [-0.25, -0.2) is 0 Å². The summed E-state index contributed by atoms with van der Waals surface area (Å²) in [6, 6.07) is 5.57. The fourth-order valence-electron chi connectivity index (χ4n) is 1.72. The number of benzene rings is 1. The Morgan fingerprint density at radius 1 is 1.25 bits per heavy atom. The molecular formula is C15H24N2O3. The zero-order valence-electron chi connectivity index (χ0n) is 12.7. The second kappa shape index (κ2) is 7.14. The van der Waals surface area contributed by atoms with Crippen LogP contribution in [0.5, 0.6) is 11.5 Å². The Morgan fingerprint density at radius 3 is 2.45 bits per heavy atom. The molecule has 0 bridgehead atoms. The Morgan fingerprint density at radius 2 is 1.90 bits per heavy atom. The maximum Gasteiger partial charge on any atom is 0.220 e. The number of methoxy groups -OCH3 is 2. The van der Waals surface area contributed by atoms with Crippen molar-refractivity contribution in [3.63, 3.8) is 0 Å². The number of nitrogens with one attached hydrogen (secondary N) is 1. The molecule has 0 aliphatic carbocycles. The van der Waals surface area contributed by atoms with Crippen LogP contribution in [0.15, 0.2) is 18.2 Å². The third-order valence-electron chi connectivity index (χ3n) is 2.93. The highest BCUT2D eigenvalue weighted by molar-refractivity contribution is 5.75. The van der Waals surface area contributed by atoms with E-state index in [0.29, 0.717) is 30.9 Å². The highest BCUT2D eigenvalue weighted by atomic mass is 16.5. The molecule has 0 atom stereocenters. The standard InChI is InChI=1S/C15H24N2O3/c1-15(2,16)8-7-14(18)17-10-11-5-6-12(19-3)13(9-11)20-4/h5-6,9H,7-8,10,16H2,1-4H3,(H,17,18). The van der Waals surface area contributed by atoms with Gasteiger partial charge in [0.15, 0.2) is 11.5 Å². The predicted molar refractivity (Wildman–Crippen MR) is 78.9 cm³/mol. The normalized spacial score (nSPS) is 11.1. The van der Waals surface area contributed by atoms with Crippen LogP contribution in [0.1, 0.15) is 32.3 Å². The van der Waals surface area contributed by atoms with Crippen LogP contribution >= 0.6 is 0 Å². The number of carbonyl (C=O) groups is 1. The summed E-state index contributed by atoms with van der Waals surface area (Å²) in [5.41, 5.74) is 6.49. The van der Waals surface area contributed by atoms with Gasteiger partial charge in [-0.2, -0.15) is 0 Å². The van der Waals surface area contributed by atoms with Crippen LogP contribution in [0, 0.1) is 0 Å². The fraction of sp³-hybridized carbons (Fsp3) is 0.533. The average molecular weight is 280 g/mol. The van der Waals surface area contributed by atoms with Crippen molar-refractivity contribution < 1.29 is 14.3 Å². The molecule has 0 aromatic heterocycles. The van der Waals surface area contributed by atoms with E-state index >= 15 is 0 Å². The maximum absolute atomic E-state index is 11.7. The number of amides is 1. The van der Waals surface area contributed by atoms with Crippen LogP contribution in [-0.2, 0) is 11.3 Å². The van der Waals surface area contributed by atoms with Crippen molar-refractivity contribution in [1.82, 2.24) is 5.32 Å². The Labute approximate surface area is 120 Å². The first-order chi connectivity index (χ1) is 9.35. The molecule has 0 aliphatic heterocycles. The number of nitrogens with two attached hydrogens (primary N) is 1. The summed E-state index contributed by atoms with van der Waals surface area (Å²) in [5.74, 6) is 1.33. The molecule has 0 heterocycles. The Hall–Kier alpha value is -1.75. The quantitative estimate of drug-likeness (QED) is 0.799. The first kappa shape index (κ1) is 16.3. The van der Waals surface area contributed by atoms with E-state index in [1.165, 1.54) is 0 Å².